The van der Waals surface area contributed by atoms with Gasteiger partial charge in [-0.15, -0.1) is 0 Å². The molecule has 2 aromatic carbocycles. The zero-order valence-electron chi connectivity index (χ0n) is 16.2. The Labute approximate surface area is 179 Å². The number of anilines is 1. The number of aryl methyl sites for hydroxylation is 1. The minimum Gasteiger partial charge on any atom is -0.302 e. The highest BCUT2D eigenvalue weighted by molar-refractivity contribution is 7.22. The van der Waals surface area contributed by atoms with E-state index in [1.165, 1.54) is 16.9 Å². The zero-order valence-corrected chi connectivity index (χ0v) is 18.5. The van der Waals surface area contributed by atoms with Crippen molar-refractivity contribution in [3.63, 3.8) is 0 Å². The first-order valence-electron chi connectivity index (χ1n) is 9.28. The van der Waals surface area contributed by atoms with Crippen molar-refractivity contribution in [3.05, 3.63) is 57.6 Å². The molecule has 4 nitrogen and oxygen atoms in total. The van der Waals surface area contributed by atoms with E-state index in [4.69, 9.17) is 28.2 Å². The molecule has 0 unspecified atom stereocenters. The van der Waals surface area contributed by atoms with Gasteiger partial charge in [0.05, 0.1) is 10.2 Å². The Balaban J connectivity index is 1.98. The number of carbonyl (C=O) groups excluding carboxylic acids is 1. The molecule has 148 valence electrons. The molecule has 0 N–H and O–H groups in total. The summed E-state index contributed by atoms with van der Waals surface area (Å²) in [7, 11) is 0. The number of benzene rings is 2. The third-order valence-corrected chi connectivity index (χ3v) is 6.13. The van der Waals surface area contributed by atoms with Gasteiger partial charge >= 0.3 is 0 Å². The molecule has 0 spiro atoms. The van der Waals surface area contributed by atoms with E-state index < -0.39 is 0 Å². The van der Waals surface area contributed by atoms with Crippen LogP contribution in [0.15, 0.2) is 36.4 Å². The van der Waals surface area contributed by atoms with Crippen molar-refractivity contribution in [2.75, 3.05) is 31.1 Å². The average molecular weight is 436 g/mol. The SMILES string of the molecule is CCN(CC)CCN(C(=O)c1cc(Cl)cc(Cl)c1)c1nc2ccc(C)cc2s1. The van der Waals surface area contributed by atoms with Gasteiger partial charge in [-0.3, -0.25) is 9.69 Å². The Bertz CT molecular complexity index is 965. The number of amides is 1. The average Bonchev–Trinajstić information content (AvgIpc) is 3.06. The predicted molar refractivity (Wildman–Crippen MR) is 120 cm³/mol. The van der Waals surface area contributed by atoms with Crippen molar-refractivity contribution in [2.24, 2.45) is 0 Å². The van der Waals surface area contributed by atoms with Gasteiger partial charge in [0.2, 0.25) is 0 Å². The number of hydrogen-bond donors (Lipinski definition) is 0. The predicted octanol–water partition coefficient (Wildman–Crippen LogP) is 5.90. The molecule has 0 bridgehead atoms. The van der Waals surface area contributed by atoms with Crippen LogP contribution in [0.25, 0.3) is 10.2 Å². The fourth-order valence-electron chi connectivity index (χ4n) is 3.03. The number of carbonyl (C=O) groups is 1. The maximum absolute atomic E-state index is 13.3. The van der Waals surface area contributed by atoms with E-state index in [1.807, 2.05) is 12.1 Å². The molecule has 1 aromatic heterocycles. The Morgan fingerprint density at radius 3 is 2.36 bits per heavy atom. The van der Waals surface area contributed by atoms with Crippen LogP contribution in [0.3, 0.4) is 0 Å². The van der Waals surface area contributed by atoms with Crippen molar-refractivity contribution in [1.29, 1.82) is 0 Å². The van der Waals surface area contributed by atoms with Gasteiger partial charge in [-0.25, -0.2) is 4.98 Å². The maximum atomic E-state index is 13.3. The van der Waals surface area contributed by atoms with Gasteiger partial charge in [0.1, 0.15) is 0 Å². The number of nitrogens with zero attached hydrogens (tertiary/aromatic N) is 3. The van der Waals surface area contributed by atoms with Gasteiger partial charge in [0.25, 0.3) is 5.91 Å². The first kappa shape index (κ1) is 21.1. The minimum absolute atomic E-state index is 0.146. The lowest BCUT2D eigenvalue weighted by molar-refractivity contribution is 0.0984. The van der Waals surface area contributed by atoms with Crippen molar-refractivity contribution in [3.8, 4) is 0 Å². The van der Waals surface area contributed by atoms with Crippen LogP contribution in [-0.2, 0) is 0 Å². The van der Waals surface area contributed by atoms with E-state index in [0.717, 1.165) is 29.9 Å². The van der Waals surface area contributed by atoms with E-state index in [0.29, 0.717) is 27.3 Å². The topological polar surface area (TPSA) is 36.4 Å². The molecule has 0 saturated carbocycles. The molecule has 0 aliphatic heterocycles. The van der Waals surface area contributed by atoms with Crippen LogP contribution in [0.1, 0.15) is 29.8 Å². The van der Waals surface area contributed by atoms with Gasteiger partial charge in [-0.05, 0) is 55.9 Å². The summed E-state index contributed by atoms with van der Waals surface area (Å²) in [5, 5.41) is 1.58. The molecule has 0 radical (unpaired) electrons. The van der Waals surface area contributed by atoms with E-state index in [9.17, 15) is 4.79 Å². The Hall–Kier alpha value is -1.66. The first-order chi connectivity index (χ1) is 13.4. The molecule has 1 amide bonds. The molecule has 1 heterocycles. The molecule has 0 fully saturated rings. The summed E-state index contributed by atoms with van der Waals surface area (Å²) >= 11 is 13.8. The molecule has 3 rings (SSSR count). The number of likely N-dealkylation sites (N-methyl/N-ethyl adjacent to an activating group) is 1. The van der Waals surface area contributed by atoms with Gasteiger partial charge in [-0.2, -0.15) is 0 Å². The molecule has 28 heavy (non-hydrogen) atoms. The second kappa shape index (κ2) is 9.23. The summed E-state index contributed by atoms with van der Waals surface area (Å²) in [6, 6.07) is 11.0. The van der Waals surface area contributed by atoms with Crippen molar-refractivity contribution >= 4 is 55.8 Å². The number of aromatic nitrogens is 1. The monoisotopic (exact) mass is 435 g/mol. The lowest BCUT2D eigenvalue weighted by Gasteiger charge is -2.24. The Morgan fingerprint density at radius 1 is 1.04 bits per heavy atom. The molecule has 7 heteroatoms. The fourth-order valence-corrected chi connectivity index (χ4v) is 4.65. The highest BCUT2D eigenvalue weighted by Crippen LogP contribution is 2.31. The summed E-state index contributed by atoms with van der Waals surface area (Å²) in [5.41, 5.74) is 2.54. The van der Waals surface area contributed by atoms with Crippen LogP contribution in [0.4, 0.5) is 5.13 Å². The molecule has 0 atom stereocenters. The molecule has 0 aliphatic rings. The van der Waals surface area contributed by atoms with E-state index >= 15 is 0 Å². The second-order valence-corrected chi connectivity index (χ2v) is 8.49. The summed E-state index contributed by atoms with van der Waals surface area (Å²) in [4.78, 5) is 22.1. The largest absolute Gasteiger partial charge is 0.302 e. The Morgan fingerprint density at radius 2 is 1.71 bits per heavy atom. The third kappa shape index (κ3) is 4.84. The van der Waals surface area contributed by atoms with Gasteiger partial charge in [-0.1, -0.05) is 54.5 Å². The fraction of sp³-hybridized carbons (Fsp3) is 0.333. The van der Waals surface area contributed by atoms with Crippen molar-refractivity contribution < 1.29 is 4.79 Å². The van der Waals surface area contributed by atoms with E-state index in [-0.39, 0.29) is 5.91 Å². The van der Waals surface area contributed by atoms with Crippen LogP contribution in [-0.4, -0.2) is 42.0 Å². The number of thiazole rings is 1. The summed E-state index contributed by atoms with van der Waals surface area (Å²) < 4.78 is 1.07. The van der Waals surface area contributed by atoms with Crippen LogP contribution in [0.2, 0.25) is 10.0 Å². The molecular formula is C21H23Cl2N3OS. The third-order valence-electron chi connectivity index (χ3n) is 4.65. The normalized spacial score (nSPS) is 11.4. The molecule has 0 saturated heterocycles. The molecule has 0 aliphatic carbocycles. The van der Waals surface area contributed by atoms with Gasteiger partial charge < -0.3 is 4.90 Å². The maximum Gasteiger partial charge on any atom is 0.260 e. The van der Waals surface area contributed by atoms with E-state index in [1.54, 1.807) is 23.1 Å². The lowest BCUT2D eigenvalue weighted by atomic mass is 10.2. The second-order valence-electron chi connectivity index (χ2n) is 6.61. The standard InChI is InChI=1S/C21H23Cl2N3OS/c1-4-25(5-2)8-9-26(20(27)15-11-16(22)13-17(23)12-15)21-24-18-7-6-14(3)10-19(18)28-21/h6-7,10-13H,4-5,8-9H2,1-3H3. The van der Waals surface area contributed by atoms with Gasteiger partial charge in [0.15, 0.2) is 5.13 Å². The highest BCUT2D eigenvalue weighted by Gasteiger charge is 2.22. The van der Waals surface area contributed by atoms with E-state index in [2.05, 4.69) is 31.7 Å². The smallest absolute Gasteiger partial charge is 0.260 e. The zero-order chi connectivity index (χ0) is 20.3. The van der Waals surface area contributed by atoms with Crippen molar-refractivity contribution in [1.82, 2.24) is 9.88 Å². The van der Waals surface area contributed by atoms with Crippen LogP contribution in [0.5, 0.6) is 0 Å². The van der Waals surface area contributed by atoms with Crippen LogP contribution >= 0.6 is 34.5 Å². The summed E-state index contributed by atoms with van der Waals surface area (Å²) in [6.07, 6.45) is 0. The quantitative estimate of drug-likeness (QED) is 0.463. The van der Waals surface area contributed by atoms with Crippen molar-refractivity contribution in [2.45, 2.75) is 20.8 Å². The Kier molecular flexibility index (Phi) is 6.94. The number of hydrogen-bond acceptors (Lipinski definition) is 4. The van der Waals surface area contributed by atoms with Crippen LogP contribution in [0, 0.1) is 6.92 Å². The van der Waals surface area contributed by atoms with Gasteiger partial charge in [0, 0.05) is 28.7 Å². The van der Waals surface area contributed by atoms with Crippen LogP contribution < -0.4 is 4.90 Å². The minimum atomic E-state index is -0.146. The molecular weight excluding hydrogens is 413 g/mol. The summed E-state index contributed by atoms with van der Waals surface area (Å²) in [6.45, 7) is 9.46. The first-order valence-corrected chi connectivity index (χ1v) is 10.9. The molecule has 3 aromatic rings. The highest BCUT2D eigenvalue weighted by atomic mass is 35.5. The number of halogens is 2. The number of rotatable bonds is 7. The lowest BCUT2D eigenvalue weighted by Crippen LogP contribution is -2.38. The summed E-state index contributed by atoms with van der Waals surface area (Å²) in [5.74, 6) is -0.146. The number of fused-ring (bicyclic) bond motifs is 1.